The largest absolute Gasteiger partial charge is 0.361 e. The molecule has 0 radical (unpaired) electrons. The lowest BCUT2D eigenvalue weighted by Crippen LogP contribution is -2.30. The maximum absolute atomic E-state index is 13.5. The number of carbonyl (C=O) groups is 3. The van der Waals surface area contributed by atoms with Crippen molar-refractivity contribution in [3.05, 3.63) is 131 Å². The van der Waals surface area contributed by atoms with Gasteiger partial charge in [-0.05, 0) is 66.9 Å². The molecule has 0 aliphatic carbocycles. The predicted molar refractivity (Wildman–Crippen MR) is 175 cm³/mol. The number of benzene rings is 4. The molecule has 216 valence electrons. The standard InChI is InChI=1S/C35H32N4O3S/c1-3-24-14-9-11-23(2)33(24)39-32(40)22-43-28-16-10-15-27(20-28)37-35(42)31(38-34(41)25-12-5-4-6-13-25)19-26-21-36-30-18-8-7-17-29(26)30/h4-21,36H,3,22H2,1-2H3,(H,37,42)(H,38,41)(H,39,40)/b31-19-. The van der Waals surface area contributed by atoms with Gasteiger partial charge >= 0.3 is 0 Å². The quantitative estimate of drug-likeness (QED) is 0.103. The van der Waals surface area contributed by atoms with Crippen molar-refractivity contribution in [1.29, 1.82) is 0 Å². The van der Waals surface area contributed by atoms with Crippen LogP contribution < -0.4 is 16.0 Å². The van der Waals surface area contributed by atoms with E-state index in [0.29, 0.717) is 11.3 Å². The number of nitrogens with one attached hydrogen (secondary N) is 4. The molecule has 0 spiro atoms. The third kappa shape index (κ3) is 7.42. The number of thioether (sulfide) groups is 1. The first-order valence-corrected chi connectivity index (χ1v) is 15.0. The number of anilines is 2. The van der Waals surface area contributed by atoms with Crippen LogP contribution in [0.2, 0.25) is 0 Å². The van der Waals surface area contributed by atoms with Gasteiger partial charge in [-0.1, -0.05) is 67.6 Å². The van der Waals surface area contributed by atoms with Crippen LogP contribution in [0.15, 0.2) is 114 Å². The zero-order valence-electron chi connectivity index (χ0n) is 23.9. The second kappa shape index (κ2) is 13.7. The Morgan fingerprint density at radius 2 is 1.63 bits per heavy atom. The molecule has 7 nitrogen and oxygen atoms in total. The Bertz CT molecular complexity index is 1810. The first kappa shape index (κ1) is 29.4. The first-order chi connectivity index (χ1) is 20.9. The zero-order chi connectivity index (χ0) is 30.2. The number of amides is 3. The average Bonchev–Trinajstić information content (AvgIpc) is 3.44. The van der Waals surface area contributed by atoms with Gasteiger partial charge in [0.2, 0.25) is 5.91 Å². The highest BCUT2D eigenvalue weighted by molar-refractivity contribution is 8.00. The fourth-order valence-corrected chi connectivity index (χ4v) is 5.45. The van der Waals surface area contributed by atoms with Gasteiger partial charge in [0.25, 0.3) is 11.8 Å². The molecule has 0 aliphatic heterocycles. The third-order valence-electron chi connectivity index (χ3n) is 6.92. The lowest BCUT2D eigenvalue weighted by Gasteiger charge is -2.13. The van der Waals surface area contributed by atoms with Crippen molar-refractivity contribution >= 4 is 57.8 Å². The normalized spacial score (nSPS) is 11.3. The summed E-state index contributed by atoms with van der Waals surface area (Å²) >= 11 is 1.38. The van der Waals surface area contributed by atoms with Crippen LogP contribution in [-0.2, 0) is 16.0 Å². The maximum Gasteiger partial charge on any atom is 0.272 e. The molecule has 0 fully saturated rings. The summed E-state index contributed by atoms with van der Waals surface area (Å²) in [5.41, 5.74) is 5.76. The van der Waals surface area contributed by atoms with Gasteiger partial charge in [-0.3, -0.25) is 14.4 Å². The Morgan fingerprint density at radius 1 is 0.860 bits per heavy atom. The summed E-state index contributed by atoms with van der Waals surface area (Å²) in [6, 6.07) is 29.8. The average molecular weight is 589 g/mol. The topological polar surface area (TPSA) is 103 Å². The first-order valence-electron chi connectivity index (χ1n) is 14.0. The van der Waals surface area contributed by atoms with E-state index in [1.165, 1.54) is 11.8 Å². The van der Waals surface area contributed by atoms with E-state index < -0.39 is 11.8 Å². The van der Waals surface area contributed by atoms with Crippen molar-refractivity contribution in [2.24, 2.45) is 0 Å². The molecule has 1 aromatic heterocycles. The van der Waals surface area contributed by atoms with Crippen molar-refractivity contribution in [3.63, 3.8) is 0 Å². The van der Waals surface area contributed by atoms with Gasteiger partial charge in [-0.25, -0.2) is 0 Å². The summed E-state index contributed by atoms with van der Waals surface area (Å²) in [5, 5.41) is 9.66. The highest BCUT2D eigenvalue weighted by Gasteiger charge is 2.17. The lowest BCUT2D eigenvalue weighted by molar-refractivity contribution is -0.114. The van der Waals surface area contributed by atoms with E-state index in [4.69, 9.17) is 0 Å². The molecule has 5 rings (SSSR count). The smallest absolute Gasteiger partial charge is 0.272 e. The molecule has 0 atom stereocenters. The van der Waals surface area contributed by atoms with Crippen LogP contribution in [0.3, 0.4) is 0 Å². The summed E-state index contributed by atoms with van der Waals surface area (Å²) < 4.78 is 0. The van der Waals surface area contributed by atoms with Crippen LogP contribution in [0.1, 0.15) is 34.0 Å². The predicted octanol–water partition coefficient (Wildman–Crippen LogP) is 7.18. The van der Waals surface area contributed by atoms with Gasteiger partial charge < -0.3 is 20.9 Å². The van der Waals surface area contributed by atoms with Gasteiger partial charge in [0.1, 0.15) is 5.70 Å². The van der Waals surface area contributed by atoms with Crippen molar-refractivity contribution < 1.29 is 14.4 Å². The van der Waals surface area contributed by atoms with Gasteiger partial charge in [0.15, 0.2) is 0 Å². The van der Waals surface area contributed by atoms with Gasteiger partial charge in [-0.2, -0.15) is 0 Å². The van der Waals surface area contributed by atoms with E-state index >= 15 is 0 Å². The van der Waals surface area contributed by atoms with E-state index in [2.05, 4.69) is 27.9 Å². The minimum absolute atomic E-state index is 0.0981. The Morgan fingerprint density at radius 3 is 2.44 bits per heavy atom. The SMILES string of the molecule is CCc1cccc(C)c1NC(=O)CSc1cccc(NC(=O)/C(=C/c2c[nH]c3ccccc23)NC(=O)c2ccccc2)c1. The van der Waals surface area contributed by atoms with Crippen molar-refractivity contribution in [1.82, 2.24) is 10.3 Å². The molecule has 0 bridgehead atoms. The summed E-state index contributed by atoms with van der Waals surface area (Å²) in [7, 11) is 0. The molecule has 8 heteroatoms. The summed E-state index contributed by atoms with van der Waals surface area (Å²) in [4.78, 5) is 43.3. The van der Waals surface area contributed by atoms with Gasteiger partial charge in [0, 0.05) is 44.5 Å². The molecular formula is C35H32N4O3S. The van der Waals surface area contributed by atoms with Crippen molar-refractivity contribution in [3.8, 4) is 0 Å². The van der Waals surface area contributed by atoms with E-state index in [9.17, 15) is 14.4 Å². The number of aryl methyl sites for hydroxylation is 2. The molecule has 0 saturated heterocycles. The molecular weight excluding hydrogens is 556 g/mol. The zero-order valence-corrected chi connectivity index (χ0v) is 24.8. The third-order valence-corrected chi connectivity index (χ3v) is 7.91. The Hall–Kier alpha value is -5.08. The number of aromatic nitrogens is 1. The Balaban J connectivity index is 1.31. The van der Waals surface area contributed by atoms with Crippen LogP contribution in [-0.4, -0.2) is 28.5 Å². The molecule has 3 amide bonds. The molecule has 4 N–H and O–H groups in total. The molecule has 4 aromatic carbocycles. The maximum atomic E-state index is 13.5. The van der Waals surface area contributed by atoms with Crippen LogP contribution >= 0.6 is 11.8 Å². The van der Waals surface area contributed by atoms with E-state index in [1.54, 1.807) is 42.6 Å². The van der Waals surface area contributed by atoms with Gasteiger partial charge in [0.05, 0.1) is 5.75 Å². The number of fused-ring (bicyclic) bond motifs is 1. The number of para-hydroxylation sites is 2. The molecule has 0 aliphatic rings. The lowest BCUT2D eigenvalue weighted by atomic mass is 10.1. The minimum Gasteiger partial charge on any atom is -0.361 e. The van der Waals surface area contributed by atoms with E-state index in [-0.39, 0.29) is 17.4 Å². The number of aromatic amines is 1. The van der Waals surface area contributed by atoms with Gasteiger partial charge in [-0.15, -0.1) is 11.8 Å². The number of rotatable bonds is 10. The fourth-order valence-electron chi connectivity index (χ4n) is 4.70. The Kier molecular flexibility index (Phi) is 9.39. The Labute approximate surface area is 254 Å². The molecule has 1 heterocycles. The number of hydrogen-bond donors (Lipinski definition) is 4. The molecule has 43 heavy (non-hydrogen) atoms. The highest BCUT2D eigenvalue weighted by Crippen LogP contribution is 2.25. The summed E-state index contributed by atoms with van der Waals surface area (Å²) in [5.74, 6) is -0.748. The number of carbonyl (C=O) groups excluding carboxylic acids is 3. The van der Waals surface area contributed by atoms with Crippen LogP contribution in [0.5, 0.6) is 0 Å². The van der Waals surface area contributed by atoms with Crippen LogP contribution in [0.4, 0.5) is 11.4 Å². The second-order valence-electron chi connectivity index (χ2n) is 9.95. The van der Waals surface area contributed by atoms with Crippen molar-refractivity contribution in [2.75, 3.05) is 16.4 Å². The van der Waals surface area contributed by atoms with E-state index in [0.717, 1.165) is 44.6 Å². The summed E-state index contributed by atoms with van der Waals surface area (Å²) in [6.45, 7) is 4.05. The highest BCUT2D eigenvalue weighted by atomic mass is 32.2. The fraction of sp³-hybridized carbons (Fsp3) is 0.114. The van der Waals surface area contributed by atoms with Crippen LogP contribution in [0, 0.1) is 6.92 Å². The monoisotopic (exact) mass is 588 g/mol. The molecule has 5 aromatic rings. The number of hydrogen-bond acceptors (Lipinski definition) is 4. The molecule has 0 unspecified atom stereocenters. The minimum atomic E-state index is -0.471. The van der Waals surface area contributed by atoms with Crippen molar-refractivity contribution in [2.45, 2.75) is 25.2 Å². The number of H-pyrrole nitrogens is 1. The van der Waals surface area contributed by atoms with Crippen LogP contribution in [0.25, 0.3) is 17.0 Å². The van der Waals surface area contributed by atoms with E-state index in [1.807, 2.05) is 73.7 Å². The second-order valence-corrected chi connectivity index (χ2v) is 11.0. The summed E-state index contributed by atoms with van der Waals surface area (Å²) in [6.07, 6.45) is 4.29. The molecule has 0 saturated carbocycles.